The van der Waals surface area contributed by atoms with Gasteiger partial charge in [-0.15, -0.1) is 0 Å². The predicted octanol–water partition coefficient (Wildman–Crippen LogP) is 6.26. The molecule has 0 amide bonds. The van der Waals surface area contributed by atoms with Gasteiger partial charge in [0.2, 0.25) is 0 Å². The Morgan fingerprint density at radius 2 is 0.318 bits per heavy atom. The van der Waals surface area contributed by atoms with Gasteiger partial charge in [0.25, 0.3) is 0 Å². The van der Waals surface area contributed by atoms with E-state index in [1.54, 1.807) is 0 Å². The summed E-state index contributed by atoms with van der Waals surface area (Å²) in [6.07, 6.45) is 0. The second kappa shape index (κ2) is 14.9. The van der Waals surface area contributed by atoms with Crippen LogP contribution in [0.15, 0.2) is 146 Å². The number of rotatable bonds is 6. The van der Waals surface area contributed by atoms with Crippen molar-refractivity contribution in [2.24, 2.45) is 0 Å². The quantitative estimate of drug-likeness (QED) is 0.181. The van der Waals surface area contributed by atoms with Crippen LogP contribution in [0.4, 0.5) is 0 Å². The minimum absolute atomic E-state index is 1.33. The number of hydrogen-bond acceptors (Lipinski definition) is 0. The van der Waals surface area contributed by atoms with Crippen molar-refractivity contribution in [1.82, 2.24) is 0 Å². The number of hydrogen-bond donors (Lipinski definition) is 0. The zero-order valence-corrected chi connectivity index (χ0v) is 31.1. The van der Waals surface area contributed by atoms with Gasteiger partial charge in [0, 0.05) is 0 Å². The number of aryl methyl sites for hydroxylation is 6. The first-order valence-corrected chi connectivity index (χ1v) is 21.7. The van der Waals surface area contributed by atoms with E-state index in [1.807, 2.05) is 0 Å². The molecule has 44 heavy (non-hydrogen) atoms. The molecule has 0 bridgehead atoms. The van der Waals surface area contributed by atoms with Crippen molar-refractivity contribution >= 4 is 55.1 Å². The van der Waals surface area contributed by atoms with Gasteiger partial charge in [-0.05, 0) is 0 Å². The molecule has 0 aliphatic carbocycles. The molecule has 6 rings (SSSR count). The Labute approximate surface area is 274 Å². The van der Waals surface area contributed by atoms with Crippen molar-refractivity contribution in [3.05, 3.63) is 179 Å². The third kappa shape index (κ3) is 8.31. The van der Waals surface area contributed by atoms with Crippen molar-refractivity contribution in [2.45, 2.75) is 41.5 Å². The second-order valence-electron chi connectivity index (χ2n) is 11.9. The molecular weight excluding hydrogens is 650 g/mol. The van der Waals surface area contributed by atoms with Gasteiger partial charge in [-0.3, -0.25) is 0 Å². The summed E-state index contributed by atoms with van der Waals surface area (Å²) in [4.78, 5) is 0. The molecule has 2 heteroatoms. The van der Waals surface area contributed by atoms with E-state index in [0.717, 1.165) is 0 Å². The van der Waals surface area contributed by atoms with E-state index < -0.39 is 28.7 Å². The van der Waals surface area contributed by atoms with Gasteiger partial charge in [-0.2, -0.15) is 0 Å². The van der Waals surface area contributed by atoms with Crippen molar-refractivity contribution in [2.75, 3.05) is 0 Å². The summed E-state index contributed by atoms with van der Waals surface area (Å²) in [5, 5.41) is 0. The van der Waals surface area contributed by atoms with Crippen molar-refractivity contribution in [3.63, 3.8) is 0 Å². The summed E-state index contributed by atoms with van der Waals surface area (Å²) in [5.74, 6) is 0. The fourth-order valence-electron chi connectivity index (χ4n) is 5.32. The van der Waals surface area contributed by atoms with Gasteiger partial charge in [0.1, 0.15) is 0 Å². The van der Waals surface area contributed by atoms with Crippen LogP contribution in [-0.2, 0) is 0 Å². The molecule has 218 valence electrons. The van der Waals surface area contributed by atoms with E-state index in [-0.39, 0.29) is 0 Å². The van der Waals surface area contributed by atoms with Crippen LogP contribution in [0.25, 0.3) is 0 Å². The molecule has 6 aromatic carbocycles. The predicted molar refractivity (Wildman–Crippen MR) is 196 cm³/mol. The summed E-state index contributed by atoms with van der Waals surface area (Å²) < 4.78 is 9.07. The average molecular weight is 692 g/mol. The Morgan fingerprint density at radius 3 is 0.432 bits per heavy atom. The Morgan fingerprint density at radius 1 is 0.205 bits per heavy atom. The van der Waals surface area contributed by atoms with Crippen LogP contribution in [-0.4, -0.2) is 28.7 Å². The van der Waals surface area contributed by atoms with Gasteiger partial charge in [0.05, 0.1) is 0 Å². The molecule has 2 radical (unpaired) electrons. The van der Waals surface area contributed by atoms with Crippen LogP contribution < -0.4 is 26.4 Å². The third-order valence-corrected chi connectivity index (χ3v) is 19.5. The average Bonchev–Trinajstić information content (AvgIpc) is 3.03. The Hall–Kier alpha value is -3.59. The molecule has 0 spiro atoms. The van der Waals surface area contributed by atoms with Gasteiger partial charge in [0.15, 0.2) is 0 Å². The van der Waals surface area contributed by atoms with Gasteiger partial charge in [-0.1, -0.05) is 0 Å². The maximum atomic E-state index is 2.32. The monoisotopic (exact) mass is 694 g/mol. The van der Waals surface area contributed by atoms with E-state index in [2.05, 4.69) is 187 Å². The molecule has 0 nitrogen and oxygen atoms in total. The van der Waals surface area contributed by atoms with Crippen molar-refractivity contribution in [1.29, 1.82) is 0 Å². The van der Waals surface area contributed by atoms with E-state index in [1.165, 1.54) is 59.8 Å². The van der Waals surface area contributed by atoms with E-state index in [4.69, 9.17) is 0 Å². The first kappa shape index (κ1) is 31.8. The second-order valence-corrected chi connectivity index (χ2v) is 22.4. The molecule has 0 aliphatic rings. The molecule has 0 fully saturated rings. The van der Waals surface area contributed by atoms with Gasteiger partial charge in [-0.25, -0.2) is 0 Å². The Kier molecular flexibility index (Phi) is 10.8. The molecule has 6 aromatic rings. The molecule has 0 heterocycles. The van der Waals surface area contributed by atoms with Crippen LogP contribution in [0.1, 0.15) is 33.4 Å². The van der Waals surface area contributed by atoms with Crippen molar-refractivity contribution in [3.8, 4) is 0 Å². The topological polar surface area (TPSA) is 0 Å². The Bertz CT molecular complexity index is 1390. The Balaban J connectivity index is 0.000000175. The fraction of sp³-hybridized carbons (Fsp3) is 0.143. The van der Waals surface area contributed by atoms with Crippen molar-refractivity contribution < 1.29 is 0 Å². The van der Waals surface area contributed by atoms with E-state index in [0.29, 0.717) is 0 Å². The normalized spacial score (nSPS) is 10.9. The van der Waals surface area contributed by atoms with Crippen LogP contribution in [0.3, 0.4) is 0 Å². The first-order chi connectivity index (χ1) is 21.3. The molecule has 0 saturated carbocycles. The minimum atomic E-state index is -1.70. The fourth-order valence-corrected chi connectivity index (χ4v) is 15.8. The van der Waals surface area contributed by atoms with Crippen LogP contribution in [0.5, 0.6) is 0 Å². The van der Waals surface area contributed by atoms with Crippen LogP contribution >= 0.6 is 0 Å². The van der Waals surface area contributed by atoms with Gasteiger partial charge >= 0.3 is 276 Å². The van der Waals surface area contributed by atoms with Crippen LogP contribution in [0, 0.1) is 41.5 Å². The zero-order chi connectivity index (χ0) is 31.1. The van der Waals surface area contributed by atoms with Gasteiger partial charge < -0.3 is 0 Å². The SMILES string of the molecule is Cc1cc[c]([Ge]([c]2ccc(C)cc2)[c]2ccc(C)cc2)cc1.Cc1cc[c]([Ge]([c]2ccc(C)cc2)[c]2ccc(C)cc2)cc1. The molecule has 0 saturated heterocycles. The number of benzene rings is 6. The van der Waals surface area contributed by atoms with E-state index in [9.17, 15) is 0 Å². The summed E-state index contributed by atoms with van der Waals surface area (Å²) >= 11 is -3.41. The first-order valence-electron chi connectivity index (χ1n) is 15.4. The molecule has 0 N–H and O–H groups in total. The third-order valence-electron chi connectivity index (χ3n) is 8.04. The standard InChI is InChI=1S/2C21H21Ge/c2*1-16-4-10-19(11-5-16)22(20-12-6-17(2)7-13-20)21-14-8-18(3)9-15-21/h2*4-15H,1-3H3. The summed E-state index contributed by atoms with van der Waals surface area (Å²) in [6, 6.07) is 54.8. The summed E-state index contributed by atoms with van der Waals surface area (Å²) in [6.45, 7) is 12.9. The molecule has 0 atom stereocenters. The molecule has 0 aromatic heterocycles. The molecule has 0 aliphatic heterocycles. The molecule has 0 unspecified atom stereocenters. The zero-order valence-electron chi connectivity index (χ0n) is 26.9. The van der Waals surface area contributed by atoms with Crippen LogP contribution in [0.2, 0.25) is 0 Å². The maximum absolute atomic E-state index is 2.32. The van der Waals surface area contributed by atoms with E-state index >= 15 is 0 Å². The molecular formula is C42H42Ge2. The summed E-state index contributed by atoms with van der Waals surface area (Å²) in [5.41, 5.74) is 7.97. The summed E-state index contributed by atoms with van der Waals surface area (Å²) in [7, 11) is 0.